The summed E-state index contributed by atoms with van der Waals surface area (Å²) >= 11 is 0. The Labute approximate surface area is 183 Å². The topological polar surface area (TPSA) is 75.5 Å². The summed E-state index contributed by atoms with van der Waals surface area (Å²) in [6.45, 7) is 2.48. The Morgan fingerprint density at radius 2 is 1.72 bits per heavy atom. The molecule has 0 unspecified atom stereocenters. The molecule has 0 aliphatic rings. The van der Waals surface area contributed by atoms with Crippen LogP contribution in [0, 0.1) is 6.92 Å². The first-order chi connectivity index (χ1) is 15.5. The maximum absolute atomic E-state index is 13.4. The van der Waals surface area contributed by atoms with Gasteiger partial charge in [-0.2, -0.15) is 4.98 Å². The van der Waals surface area contributed by atoms with Crippen molar-refractivity contribution in [3.05, 3.63) is 87.2 Å². The van der Waals surface area contributed by atoms with E-state index in [2.05, 4.69) is 0 Å². The summed E-state index contributed by atoms with van der Waals surface area (Å²) in [6.07, 6.45) is 1.92. The van der Waals surface area contributed by atoms with Gasteiger partial charge in [0.15, 0.2) is 11.2 Å². The molecule has 5 aromatic rings. The lowest BCUT2D eigenvalue weighted by atomic mass is 10.1. The predicted octanol–water partition coefficient (Wildman–Crippen LogP) is 2.76. The molecule has 3 aromatic heterocycles. The summed E-state index contributed by atoms with van der Waals surface area (Å²) in [6, 6.07) is 18.0. The van der Waals surface area contributed by atoms with Crippen molar-refractivity contribution in [1.29, 1.82) is 0 Å². The molecular formula is C24H23N5O3. The van der Waals surface area contributed by atoms with Gasteiger partial charge in [0, 0.05) is 25.9 Å². The molecule has 0 N–H and O–H groups in total. The average Bonchev–Trinajstić information content (AvgIpc) is 3.35. The van der Waals surface area contributed by atoms with E-state index < -0.39 is 5.69 Å². The molecule has 0 spiro atoms. The van der Waals surface area contributed by atoms with Gasteiger partial charge in [0.05, 0.1) is 24.5 Å². The van der Waals surface area contributed by atoms with Crippen LogP contribution in [0.4, 0.5) is 0 Å². The molecule has 162 valence electrons. The number of hydrogen-bond acceptors (Lipinski definition) is 4. The molecule has 0 fully saturated rings. The van der Waals surface area contributed by atoms with Gasteiger partial charge in [0.2, 0.25) is 5.78 Å². The largest absolute Gasteiger partial charge is 0.383 e. The Balaban J connectivity index is 1.93. The van der Waals surface area contributed by atoms with Crippen LogP contribution in [0.2, 0.25) is 0 Å². The fraction of sp³-hybridized carbons (Fsp3) is 0.208. The minimum atomic E-state index is -0.411. The second kappa shape index (κ2) is 7.65. The van der Waals surface area contributed by atoms with E-state index in [1.807, 2.05) is 72.3 Å². The molecule has 32 heavy (non-hydrogen) atoms. The lowest BCUT2D eigenvalue weighted by Gasteiger charge is -2.11. The minimum Gasteiger partial charge on any atom is -0.383 e. The number of fused-ring (bicyclic) bond motifs is 3. The summed E-state index contributed by atoms with van der Waals surface area (Å²) in [5, 5.41) is 0. The Bertz CT molecular complexity index is 1570. The molecule has 8 nitrogen and oxygen atoms in total. The Morgan fingerprint density at radius 1 is 1.00 bits per heavy atom. The van der Waals surface area contributed by atoms with Crippen LogP contribution >= 0.6 is 0 Å². The van der Waals surface area contributed by atoms with Crippen LogP contribution < -0.4 is 11.2 Å². The molecule has 0 aliphatic heterocycles. The zero-order chi connectivity index (χ0) is 22.4. The van der Waals surface area contributed by atoms with Gasteiger partial charge in [0.25, 0.3) is 5.56 Å². The molecule has 0 saturated heterocycles. The van der Waals surface area contributed by atoms with Crippen molar-refractivity contribution >= 4 is 16.9 Å². The number of para-hydroxylation sites is 1. The van der Waals surface area contributed by atoms with E-state index in [4.69, 9.17) is 9.72 Å². The highest BCUT2D eigenvalue weighted by Gasteiger charge is 2.22. The van der Waals surface area contributed by atoms with Crippen molar-refractivity contribution in [2.24, 2.45) is 7.05 Å². The van der Waals surface area contributed by atoms with Crippen molar-refractivity contribution in [3.63, 3.8) is 0 Å². The van der Waals surface area contributed by atoms with Gasteiger partial charge in [-0.15, -0.1) is 0 Å². The minimum absolute atomic E-state index is 0.176. The normalized spacial score (nSPS) is 11.6. The SMILES string of the molecule is COCCn1c(=O)c2c(nc3n(-c4ccccc4C)c(-c4ccccc4)cn23)n(C)c1=O. The Kier molecular flexibility index (Phi) is 4.79. The van der Waals surface area contributed by atoms with E-state index >= 15 is 0 Å². The average molecular weight is 429 g/mol. The summed E-state index contributed by atoms with van der Waals surface area (Å²) in [5.41, 5.74) is 3.86. The monoisotopic (exact) mass is 429 g/mol. The van der Waals surface area contributed by atoms with Gasteiger partial charge >= 0.3 is 5.69 Å². The Hall–Kier alpha value is -3.91. The second-order valence-electron chi connectivity index (χ2n) is 7.75. The van der Waals surface area contributed by atoms with E-state index in [0.29, 0.717) is 16.9 Å². The van der Waals surface area contributed by atoms with Crippen LogP contribution in [0.3, 0.4) is 0 Å². The van der Waals surface area contributed by atoms with E-state index in [1.165, 1.54) is 9.13 Å². The summed E-state index contributed by atoms with van der Waals surface area (Å²) in [7, 11) is 3.18. The molecule has 5 rings (SSSR count). The molecular weight excluding hydrogens is 406 g/mol. The highest BCUT2D eigenvalue weighted by molar-refractivity contribution is 5.79. The first-order valence-corrected chi connectivity index (χ1v) is 10.4. The summed E-state index contributed by atoms with van der Waals surface area (Å²) < 4.78 is 11.5. The standard InChI is InChI=1S/C24H23N5O3/c1-16-9-7-8-12-18(16)29-19(17-10-5-4-6-11-17)15-28-20-21(25-23(28)29)26(2)24(31)27(22(20)30)13-14-32-3/h4-12,15H,13-14H2,1-3H3. The van der Waals surface area contributed by atoms with Crippen LogP contribution in [0.1, 0.15) is 5.56 Å². The zero-order valence-electron chi connectivity index (χ0n) is 18.1. The van der Waals surface area contributed by atoms with Gasteiger partial charge in [-0.1, -0.05) is 48.5 Å². The number of benzene rings is 2. The molecule has 0 bridgehead atoms. The summed E-state index contributed by atoms with van der Waals surface area (Å²) in [5.74, 6) is 0.574. The fourth-order valence-electron chi connectivity index (χ4n) is 4.14. The van der Waals surface area contributed by atoms with Crippen molar-refractivity contribution in [2.75, 3.05) is 13.7 Å². The van der Waals surface area contributed by atoms with Crippen molar-refractivity contribution < 1.29 is 4.74 Å². The van der Waals surface area contributed by atoms with Crippen LogP contribution in [0.15, 0.2) is 70.4 Å². The van der Waals surface area contributed by atoms with Crippen molar-refractivity contribution in [3.8, 4) is 16.9 Å². The molecule has 0 amide bonds. The first kappa shape index (κ1) is 20.0. The van der Waals surface area contributed by atoms with Crippen LogP contribution in [-0.4, -0.2) is 36.8 Å². The number of aromatic nitrogens is 5. The zero-order valence-corrected chi connectivity index (χ0v) is 18.1. The molecule has 0 saturated carbocycles. The highest BCUT2D eigenvalue weighted by Crippen LogP contribution is 2.29. The lowest BCUT2D eigenvalue weighted by Crippen LogP contribution is -2.40. The fourth-order valence-corrected chi connectivity index (χ4v) is 4.14. The molecule has 0 radical (unpaired) electrons. The molecule has 2 aromatic carbocycles. The number of nitrogens with zero attached hydrogens (tertiary/aromatic N) is 5. The molecule has 0 aliphatic carbocycles. The Morgan fingerprint density at radius 3 is 2.44 bits per heavy atom. The van der Waals surface area contributed by atoms with Crippen LogP contribution in [-0.2, 0) is 18.3 Å². The number of methoxy groups -OCH3 is 1. The highest BCUT2D eigenvalue weighted by atomic mass is 16.5. The van der Waals surface area contributed by atoms with Gasteiger partial charge in [-0.25, -0.2) is 4.79 Å². The van der Waals surface area contributed by atoms with Crippen molar-refractivity contribution in [2.45, 2.75) is 13.5 Å². The first-order valence-electron chi connectivity index (χ1n) is 10.4. The van der Waals surface area contributed by atoms with E-state index in [1.54, 1.807) is 18.6 Å². The smallest absolute Gasteiger partial charge is 0.332 e. The molecule has 3 heterocycles. The number of ether oxygens (including phenoxy) is 1. The number of hydrogen-bond donors (Lipinski definition) is 0. The van der Waals surface area contributed by atoms with E-state index in [0.717, 1.165) is 22.5 Å². The maximum atomic E-state index is 13.4. The van der Waals surface area contributed by atoms with Crippen LogP contribution in [0.5, 0.6) is 0 Å². The number of imidazole rings is 2. The van der Waals surface area contributed by atoms with E-state index in [-0.39, 0.29) is 18.7 Å². The lowest BCUT2D eigenvalue weighted by molar-refractivity contribution is 0.184. The van der Waals surface area contributed by atoms with Crippen molar-refractivity contribution in [1.82, 2.24) is 23.1 Å². The predicted molar refractivity (Wildman–Crippen MR) is 124 cm³/mol. The van der Waals surface area contributed by atoms with Gasteiger partial charge in [0.1, 0.15) is 0 Å². The van der Waals surface area contributed by atoms with Gasteiger partial charge in [-0.05, 0) is 18.6 Å². The number of rotatable bonds is 5. The van der Waals surface area contributed by atoms with E-state index in [9.17, 15) is 9.59 Å². The maximum Gasteiger partial charge on any atom is 0.332 e. The third-order valence-corrected chi connectivity index (χ3v) is 5.79. The molecule has 8 heteroatoms. The van der Waals surface area contributed by atoms with Gasteiger partial charge < -0.3 is 4.74 Å². The second-order valence-corrected chi connectivity index (χ2v) is 7.75. The third-order valence-electron chi connectivity index (χ3n) is 5.79. The third kappa shape index (κ3) is 2.91. The number of aryl methyl sites for hydroxylation is 2. The van der Waals surface area contributed by atoms with Crippen LogP contribution in [0.25, 0.3) is 33.9 Å². The quantitative estimate of drug-likeness (QED) is 0.431. The summed E-state index contributed by atoms with van der Waals surface area (Å²) in [4.78, 5) is 31.0. The van der Waals surface area contributed by atoms with Gasteiger partial charge in [-0.3, -0.25) is 22.9 Å². The molecule has 0 atom stereocenters.